The Balaban J connectivity index is 0.00000256. The maximum atomic E-state index is 12.6. The molecule has 1 aliphatic heterocycles. The Morgan fingerprint density at radius 1 is 1.17 bits per heavy atom. The lowest BCUT2D eigenvalue weighted by atomic mass is 9.96. The van der Waals surface area contributed by atoms with Crippen LogP contribution in [0.3, 0.4) is 0 Å². The Morgan fingerprint density at radius 3 is 2.43 bits per heavy atom. The van der Waals surface area contributed by atoms with Crippen LogP contribution in [-0.2, 0) is 21.2 Å². The molecule has 0 unspecified atom stereocenters. The second-order valence-corrected chi connectivity index (χ2v) is 9.65. The summed E-state index contributed by atoms with van der Waals surface area (Å²) in [6.45, 7) is 2.93. The zero-order chi connectivity index (χ0) is 20.3. The van der Waals surface area contributed by atoms with E-state index in [0.717, 1.165) is 12.5 Å². The Morgan fingerprint density at radius 2 is 1.87 bits per heavy atom. The van der Waals surface area contributed by atoms with Gasteiger partial charge in [0.15, 0.2) is 5.96 Å². The number of nitrogens with zero attached hydrogens (tertiary/aromatic N) is 4. The molecule has 2 aromatic rings. The van der Waals surface area contributed by atoms with Crippen LogP contribution in [-0.4, -0.2) is 68.5 Å². The number of sulfonamides is 1. The predicted molar refractivity (Wildman–Crippen MR) is 126 cm³/mol. The van der Waals surface area contributed by atoms with Crippen LogP contribution in [0.15, 0.2) is 52.2 Å². The fraction of sp³-hybridized carbons (Fsp3) is 0.500. The van der Waals surface area contributed by atoms with Gasteiger partial charge >= 0.3 is 0 Å². The van der Waals surface area contributed by atoms with Gasteiger partial charge in [-0.1, -0.05) is 35.5 Å². The van der Waals surface area contributed by atoms with Gasteiger partial charge in [-0.05, 0) is 18.4 Å². The van der Waals surface area contributed by atoms with Gasteiger partial charge in [0.05, 0.1) is 5.69 Å². The Bertz CT molecular complexity index is 938. The van der Waals surface area contributed by atoms with E-state index < -0.39 is 10.0 Å². The fourth-order valence-corrected chi connectivity index (χ4v) is 5.28. The standard InChI is InChI=1S/C20H27N5O3S.HI/c1-21-19(22-16-20(8-9-20)17-5-3-2-4-6-17)24-10-12-25(13-11-24)29(26,27)15-18-7-14-28-23-18;/h2-7,14H,8-13,15-16H2,1H3,(H,21,22);1H. The van der Waals surface area contributed by atoms with Gasteiger partial charge in [-0.2, -0.15) is 4.31 Å². The topological polar surface area (TPSA) is 91.0 Å². The van der Waals surface area contributed by atoms with Crippen LogP contribution in [0.5, 0.6) is 0 Å². The highest BCUT2D eigenvalue weighted by molar-refractivity contribution is 14.0. The third-order valence-electron chi connectivity index (χ3n) is 5.79. The molecule has 0 radical (unpaired) electrons. The SMILES string of the molecule is CN=C(NCC1(c2ccccc2)CC1)N1CCN(S(=O)(=O)Cc2ccon2)CC1.I. The average Bonchev–Trinajstić information content (AvgIpc) is 3.37. The lowest BCUT2D eigenvalue weighted by Gasteiger charge is -2.36. The third kappa shape index (κ3) is 5.14. The van der Waals surface area contributed by atoms with Crippen molar-refractivity contribution in [3.05, 3.63) is 53.9 Å². The molecule has 4 rings (SSSR count). The molecule has 2 aliphatic rings. The van der Waals surface area contributed by atoms with Crippen LogP contribution >= 0.6 is 24.0 Å². The molecular formula is C20H28IN5O3S. The fourth-order valence-electron chi connectivity index (χ4n) is 3.86. The van der Waals surface area contributed by atoms with Crippen LogP contribution in [0.1, 0.15) is 24.1 Å². The molecule has 1 aromatic heterocycles. The molecule has 1 saturated heterocycles. The minimum atomic E-state index is -3.40. The van der Waals surface area contributed by atoms with E-state index in [1.165, 1.54) is 29.0 Å². The normalized spacial score (nSPS) is 19.2. The van der Waals surface area contributed by atoms with Gasteiger partial charge in [0.2, 0.25) is 10.0 Å². The van der Waals surface area contributed by atoms with Crippen molar-refractivity contribution in [2.24, 2.45) is 4.99 Å². The van der Waals surface area contributed by atoms with Gasteiger partial charge in [0, 0.05) is 51.3 Å². The molecule has 0 amide bonds. The number of rotatable bonds is 6. The highest BCUT2D eigenvalue weighted by Gasteiger charge is 2.44. The van der Waals surface area contributed by atoms with Crippen LogP contribution in [0, 0.1) is 0 Å². The number of guanidine groups is 1. The summed E-state index contributed by atoms with van der Waals surface area (Å²) in [5, 5.41) is 7.23. The quantitative estimate of drug-likeness (QED) is 0.340. The minimum Gasteiger partial charge on any atom is -0.364 e. The summed E-state index contributed by atoms with van der Waals surface area (Å²) in [5.41, 5.74) is 1.99. The van der Waals surface area contributed by atoms with Gasteiger partial charge in [0.25, 0.3) is 0 Å². The first-order chi connectivity index (χ1) is 14.0. The van der Waals surface area contributed by atoms with Crippen molar-refractivity contribution in [2.45, 2.75) is 24.0 Å². The Kier molecular flexibility index (Phi) is 7.40. The lowest BCUT2D eigenvalue weighted by molar-refractivity contribution is 0.259. The van der Waals surface area contributed by atoms with E-state index in [4.69, 9.17) is 4.52 Å². The second-order valence-electron chi connectivity index (χ2n) is 7.68. The summed E-state index contributed by atoms with van der Waals surface area (Å²) in [6.07, 6.45) is 3.74. The number of benzene rings is 1. The van der Waals surface area contributed by atoms with Crippen LogP contribution < -0.4 is 5.32 Å². The predicted octanol–water partition coefficient (Wildman–Crippen LogP) is 2.05. The molecule has 30 heavy (non-hydrogen) atoms. The molecule has 8 nitrogen and oxygen atoms in total. The minimum absolute atomic E-state index is 0. The Hall–Kier alpha value is -1.66. The van der Waals surface area contributed by atoms with Crippen LogP contribution in [0.2, 0.25) is 0 Å². The number of nitrogens with one attached hydrogen (secondary N) is 1. The smallest absolute Gasteiger partial charge is 0.220 e. The van der Waals surface area contributed by atoms with E-state index in [1.807, 2.05) is 6.07 Å². The maximum Gasteiger partial charge on any atom is 0.220 e. The number of hydrogen-bond donors (Lipinski definition) is 1. The average molecular weight is 545 g/mol. The number of piperazine rings is 1. The van der Waals surface area contributed by atoms with E-state index in [1.54, 1.807) is 13.1 Å². The molecular weight excluding hydrogens is 517 g/mol. The van der Waals surface area contributed by atoms with Crippen molar-refractivity contribution < 1.29 is 12.9 Å². The van der Waals surface area contributed by atoms with Gasteiger partial charge in [0.1, 0.15) is 12.0 Å². The molecule has 2 fully saturated rings. The van der Waals surface area contributed by atoms with Gasteiger partial charge in [-0.25, -0.2) is 8.42 Å². The van der Waals surface area contributed by atoms with Crippen molar-refractivity contribution >= 4 is 40.0 Å². The van der Waals surface area contributed by atoms with Crippen LogP contribution in [0.4, 0.5) is 0 Å². The molecule has 1 aromatic carbocycles. The summed E-state index contributed by atoms with van der Waals surface area (Å²) in [7, 11) is -1.62. The summed E-state index contributed by atoms with van der Waals surface area (Å²) in [4.78, 5) is 6.55. The van der Waals surface area contributed by atoms with E-state index in [2.05, 4.69) is 44.6 Å². The molecule has 1 aliphatic carbocycles. The molecule has 0 bridgehead atoms. The first-order valence-corrected chi connectivity index (χ1v) is 11.5. The van der Waals surface area contributed by atoms with Crippen molar-refractivity contribution in [3.8, 4) is 0 Å². The van der Waals surface area contributed by atoms with Gasteiger partial charge in [-0.3, -0.25) is 4.99 Å². The Labute approximate surface area is 194 Å². The van der Waals surface area contributed by atoms with Crippen molar-refractivity contribution in [1.29, 1.82) is 0 Å². The van der Waals surface area contributed by atoms with E-state index in [9.17, 15) is 8.42 Å². The monoisotopic (exact) mass is 545 g/mol. The van der Waals surface area contributed by atoms with E-state index in [-0.39, 0.29) is 35.1 Å². The number of hydrogen-bond acceptors (Lipinski definition) is 5. The summed E-state index contributed by atoms with van der Waals surface area (Å²) < 4.78 is 31.5. The highest BCUT2D eigenvalue weighted by atomic mass is 127. The summed E-state index contributed by atoms with van der Waals surface area (Å²) in [6, 6.07) is 12.2. The van der Waals surface area contributed by atoms with Gasteiger partial charge < -0.3 is 14.7 Å². The molecule has 0 spiro atoms. The lowest BCUT2D eigenvalue weighted by Crippen LogP contribution is -2.54. The molecule has 1 saturated carbocycles. The largest absolute Gasteiger partial charge is 0.364 e. The summed E-state index contributed by atoms with van der Waals surface area (Å²) in [5.74, 6) is 0.705. The molecule has 1 N–H and O–H groups in total. The zero-order valence-corrected chi connectivity index (χ0v) is 20.2. The molecule has 10 heteroatoms. The third-order valence-corrected chi connectivity index (χ3v) is 7.60. The first kappa shape index (κ1) is 23.0. The van der Waals surface area contributed by atoms with Crippen molar-refractivity contribution in [3.63, 3.8) is 0 Å². The highest BCUT2D eigenvalue weighted by Crippen LogP contribution is 2.47. The first-order valence-electron chi connectivity index (χ1n) is 9.91. The van der Waals surface area contributed by atoms with Gasteiger partial charge in [-0.15, -0.1) is 24.0 Å². The number of halogens is 1. The molecule has 2 heterocycles. The number of aromatic nitrogens is 1. The van der Waals surface area contributed by atoms with Crippen molar-refractivity contribution in [2.75, 3.05) is 39.8 Å². The zero-order valence-electron chi connectivity index (χ0n) is 17.0. The summed E-state index contributed by atoms with van der Waals surface area (Å²) >= 11 is 0. The van der Waals surface area contributed by atoms with Crippen LogP contribution in [0.25, 0.3) is 0 Å². The van der Waals surface area contributed by atoms with E-state index in [0.29, 0.717) is 31.9 Å². The van der Waals surface area contributed by atoms with Crippen molar-refractivity contribution in [1.82, 2.24) is 19.7 Å². The molecule has 164 valence electrons. The molecule has 0 atom stereocenters. The number of aliphatic imine (C=N–C) groups is 1. The second kappa shape index (κ2) is 9.65. The maximum absolute atomic E-state index is 12.6. The van der Waals surface area contributed by atoms with E-state index >= 15 is 0 Å².